The lowest BCUT2D eigenvalue weighted by molar-refractivity contribution is 0.628. The predicted octanol–water partition coefficient (Wildman–Crippen LogP) is 3.75. The Morgan fingerprint density at radius 2 is 1.00 bits per heavy atom. The standard InChI is InChI=1S/C22H20N4/c1-23-15-25(19-11-5-3-9-17(19)23)21-13-7-8-14-22(21)26-16-24(2)18-10-4-6-12-20(18)26/h3-14,21-22H,1-2H3. The van der Waals surface area contributed by atoms with Gasteiger partial charge in [-0.25, -0.2) is 0 Å². The predicted molar refractivity (Wildman–Crippen MR) is 107 cm³/mol. The van der Waals surface area contributed by atoms with E-state index in [4.69, 9.17) is 0 Å². The van der Waals surface area contributed by atoms with Gasteiger partial charge in [-0.2, -0.15) is 0 Å². The molecule has 0 aromatic heterocycles. The zero-order chi connectivity index (χ0) is 17.7. The molecule has 4 heteroatoms. The number of nitrogens with zero attached hydrogens (tertiary/aromatic N) is 4. The van der Waals surface area contributed by atoms with Crippen LogP contribution in [0.25, 0.3) is 0 Å². The number of hydrogen-bond donors (Lipinski definition) is 0. The van der Waals surface area contributed by atoms with Crippen LogP contribution in [0.1, 0.15) is 0 Å². The Balaban J connectivity index is 1.53. The minimum absolute atomic E-state index is 0.137. The number of benzene rings is 2. The molecular formula is C22H20N4. The molecule has 2 aliphatic heterocycles. The van der Waals surface area contributed by atoms with Crippen molar-refractivity contribution in [1.82, 2.24) is 0 Å². The van der Waals surface area contributed by atoms with E-state index in [9.17, 15) is 0 Å². The maximum atomic E-state index is 3.49. The van der Waals surface area contributed by atoms with E-state index in [0.717, 1.165) is 0 Å². The zero-order valence-corrected chi connectivity index (χ0v) is 14.9. The van der Waals surface area contributed by atoms with Gasteiger partial charge in [0.2, 0.25) is 13.3 Å². The zero-order valence-electron chi connectivity index (χ0n) is 14.9. The summed E-state index contributed by atoms with van der Waals surface area (Å²) in [4.78, 5) is 8.61. The monoisotopic (exact) mass is 340 g/mol. The molecule has 0 N–H and O–H groups in total. The van der Waals surface area contributed by atoms with Crippen molar-refractivity contribution < 1.29 is 0 Å². The van der Waals surface area contributed by atoms with Crippen LogP contribution < -0.4 is 19.6 Å². The van der Waals surface area contributed by atoms with Crippen LogP contribution in [0.4, 0.5) is 22.7 Å². The fourth-order valence-corrected chi connectivity index (χ4v) is 3.96. The maximum absolute atomic E-state index is 3.49. The van der Waals surface area contributed by atoms with Crippen LogP contribution in [0.2, 0.25) is 0 Å². The second-order valence-electron chi connectivity index (χ2n) is 6.79. The van der Waals surface area contributed by atoms with Crippen LogP contribution in [0.5, 0.6) is 0 Å². The van der Waals surface area contributed by atoms with E-state index >= 15 is 0 Å². The van der Waals surface area contributed by atoms with E-state index in [1.165, 1.54) is 22.7 Å². The molecule has 0 bridgehead atoms. The summed E-state index contributed by atoms with van der Waals surface area (Å²) in [7, 11) is 4.10. The molecule has 0 saturated carbocycles. The van der Waals surface area contributed by atoms with Gasteiger partial charge in [-0.3, -0.25) is 0 Å². The quantitative estimate of drug-likeness (QED) is 0.825. The molecule has 128 valence electrons. The summed E-state index contributed by atoms with van der Waals surface area (Å²) in [5.41, 5.74) is 4.73. The van der Waals surface area contributed by atoms with Gasteiger partial charge in [0.1, 0.15) is 0 Å². The van der Waals surface area contributed by atoms with Crippen molar-refractivity contribution in [1.29, 1.82) is 0 Å². The van der Waals surface area contributed by atoms with E-state index < -0.39 is 0 Å². The highest BCUT2D eigenvalue weighted by molar-refractivity contribution is 5.81. The van der Waals surface area contributed by atoms with Gasteiger partial charge in [0.15, 0.2) is 0 Å². The summed E-state index contributed by atoms with van der Waals surface area (Å²) in [6.07, 6.45) is 8.73. The first-order valence-electron chi connectivity index (χ1n) is 8.85. The summed E-state index contributed by atoms with van der Waals surface area (Å²) in [5, 5.41) is 0. The third-order valence-electron chi connectivity index (χ3n) is 5.19. The van der Waals surface area contributed by atoms with Gasteiger partial charge in [0, 0.05) is 14.1 Å². The molecule has 2 heterocycles. The molecule has 4 nitrogen and oxygen atoms in total. The topological polar surface area (TPSA) is 13.0 Å². The van der Waals surface area contributed by atoms with Crippen LogP contribution in [-0.2, 0) is 0 Å². The number of rotatable bonds is 2. The molecule has 2 atom stereocenters. The van der Waals surface area contributed by atoms with E-state index in [1.807, 2.05) is 14.1 Å². The van der Waals surface area contributed by atoms with E-state index in [-0.39, 0.29) is 12.1 Å². The number of fused-ring (bicyclic) bond motifs is 2. The minimum Gasteiger partial charge on any atom is -0.343 e. The lowest BCUT2D eigenvalue weighted by atomic mass is 9.99. The molecule has 2 aromatic carbocycles. The molecule has 5 rings (SSSR count). The first kappa shape index (κ1) is 15.4. The fourth-order valence-electron chi connectivity index (χ4n) is 3.96. The molecule has 4 radical (unpaired) electrons. The van der Waals surface area contributed by atoms with Crippen LogP contribution in [0.3, 0.4) is 0 Å². The van der Waals surface area contributed by atoms with Crippen molar-refractivity contribution in [3.63, 3.8) is 0 Å². The summed E-state index contributed by atoms with van der Waals surface area (Å²) >= 11 is 0. The molecule has 2 aromatic rings. The lowest BCUT2D eigenvalue weighted by Crippen LogP contribution is -2.49. The molecule has 26 heavy (non-hydrogen) atoms. The van der Waals surface area contributed by atoms with Crippen molar-refractivity contribution in [3.05, 3.63) is 86.2 Å². The van der Waals surface area contributed by atoms with Crippen molar-refractivity contribution in [2.24, 2.45) is 0 Å². The van der Waals surface area contributed by atoms with Gasteiger partial charge in [0.25, 0.3) is 0 Å². The summed E-state index contributed by atoms with van der Waals surface area (Å²) in [6.45, 7) is 6.98. The van der Waals surface area contributed by atoms with Crippen molar-refractivity contribution >= 4 is 22.7 Å². The first-order chi connectivity index (χ1) is 12.7. The highest BCUT2D eigenvalue weighted by atomic mass is 15.4. The van der Waals surface area contributed by atoms with Gasteiger partial charge in [-0.15, -0.1) is 0 Å². The van der Waals surface area contributed by atoms with Gasteiger partial charge < -0.3 is 19.6 Å². The Bertz CT molecular complexity index is 814. The van der Waals surface area contributed by atoms with Gasteiger partial charge >= 0.3 is 0 Å². The third-order valence-corrected chi connectivity index (χ3v) is 5.19. The molecule has 0 amide bonds. The molecular weight excluding hydrogens is 320 g/mol. The lowest BCUT2D eigenvalue weighted by Gasteiger charge is -2.38. The van der Waals surface area contributed by atoms with Gasteiger partial charge in [0.05, 0.1) is 34.8 Å². The smallest absolute Gasteiger partial charge is 0.209 e. The Morgan fingerprint density at radius 1 is 0.615 bits per heavy atom. The number of allylic oxidation sites excluding steroid dienone is 2. The normalized spacial score (nSPS) is 23.6. The SMILES string of the molecule is CN1[C]N(C2C=CC=CC2N2[C]N(C)c3ccccc32)c2ccccc21. The third kappa shape index (κ3) is 2.22. The van der Waals surface area contributed by atoms with Crippen LogP contribution >= 0.6 is 0 Å². The first-order valence-corrected chi connectivity index (χ1v) is 8.85. The number of hydrogen-bond acceptors (Lipinski definition) is 4. The second kappa shape index (κ2) is 5.84. The number of para-hydroxylation sites is 4. The Hall–Kier alpha value is -2.88. The van der Waals surface area contributed by atoms with E-state index in [0.29, 0.717) is 0 Å². The van der Waals surface area contributed by atoms with Crippen molar-refractivity contribution in [2.45, 2.75) is 12.1 Å². The molecule has 3 aliphatic rings. The van der Waals surface area contributed by atoms with E-state index in [2.05, 4.69) is 106 Å². The molecule has 0 fully saturated rings. The van der Waals surface area contributed by atoms with Crippen LogP contribution in [0.15, 0.2) is 72.8 Å². The van der Waals surface area contributed by atoms with Crippen LogP contribution in [0, 0.1) is 13.3 Å². The summed E-state index contributed by atoms with van der Waals surface area (Å²) < 4.78 is 0. The van der Waals surface area contributed by atoms with Gasteiger partial charge in [-0.1, -0.05) is 48.6 Å². The molecule has 0 saturated heterocycles. The van der Waals surface area contributed by atoms with Gasteiger partial charge in [-0.05, 0) is 24.3 Å². The summed E-state index contributed by atoms with van der Waals surface area (Å²) in [6, 6.07) is 17.2. The Kier molecular flexibility index (Phi) is 3.45. The number of anilines is 4. The maximum Gasteiger partial charge on any atom is 0.209 e. The Labute approximate surface area is 155 Å². The van der Waals surface area contributed by atoms with Crippen molar-refractivity contribution in [2.75, 3.05) is 33.7 Å². The highest BCUT2D eigenvalue weighted by Gasteiger charge is 2.39. The van der Waals surface area contributed by atoms with Crippen molar-refractivity contribution in [3.8, 4) is 0 Å². The largest absolute Gasteiger partial charge is 0.343 e. The molecule has 2 unspecified atom stereocenters. The Morgan fingerprint density at radius 3 is 1.42 bits per heavy atom. The van der Waals surface area contributed by atoms with Crippen LogP contribution in [-0.4, -0.2) is 26.2 Å². The highest BCUT2D eigenvalue weighted by Crippen LogP contribution is 2.43. The molecule has 1 aliphatic carbocycles. The fraction of sp³-hybridized carbons (Fsp3) is 0.182. The minimum atomic E-state index is 0.137. The molecule has 0 spiro atoms. The van der Waals surface area contributed by atoms with E-state index in [1.54, 1.807) is 0 Å². The second-order valence-corrected chi connectivity index (χ2v) is 6.79. The summed E-state index contributed by atoms with van der Waals surface area (Å²) in [5.74, 6) is 0. The average molecular weight is 340 g/mol. The average Bonchev–Trinajstić information content (AvgIpc) is 3.20.